The van der Waals surface area contributed by atoms with E-state index >= 15 is 0 Å². The van der Waals surface area contributed by atoms with Gasteiger partial charge in [0.2, 0.25) is 0 Å². The van der Waals surface area contributed by atoms with Crippen molar-refractivity contribution < 1.29 is 19.1 Å². The molecule has 0 spiro atoms. The van der Waals surface area contributed by atoms with Gasteiger partial charge in [0.15, 0.2) is 23.1 Å². The van der Waals surface area contributed by atoms with E-state index in [0.717, 1.165) is 0 Å². The number of carbonyl (C=O) groups excluding carboxylic acids is 2. The highest BCUT2D eigenvalue weighted by Gasteiger charge is 2.41. The molecule has 5 heteroatoms. The zero-order valence-electron chi connectivity index (χ0n) is 20.8. The maximum Gasteiger partial charge on any atom is 0.250 e. The average molecular weight is 483 g/mol. The molecule has 4 aromatic rings. The number of aromatic hydroxyl groups is 1. The maximum absolute atomic E-state index is 13.9. The van der Waals surface area contributed by atoms with E-state index in [1.807, 2.05) is 24.3 Å². The van der Waals surface area contributed by atoms with Crippen LogP contribution in [0.3, 0.4) is 0 Å². The first-order chi connectivity index (χ1) is 16.5. The van der Waals surface area contributed by atoms with Crippen molar-refractivity contribution in [2.75, 3.05) is 0 Å². The molecule has 0 aromatic heterocycles. The Morgan fingerprint density at radius 2 is 1.09 bits per heavy atom. The lowest BCUT2D eigenvalue weighted by Crippen LogP contribution is -2.44. The van der Waals surface area contributed by atoms with Gasteiger partial charge in [-0.1, -0.05) is 106 Å². The standard InChI is InChI=1S/C30H30O4Si/c1-30(2,3)35(4,5)34-29-25(27(32)21-16-10-7-11-17-21)23-19-13-12-18-22(23)24(28(29)33)26(31)20-14-8-6-9-15-20/h6-19,33H,1-5H3. The Bertz CT molecular complexity index is 1400. The Hall–Kier alpha value is -3.70. The van der Waals surface area contributed by atoms with Crippen molar-refractivity contribution >= 4 is 30.7 Å². The molecule has 4 rings (SSSR count). The summed E-state index contributed by atoms with van der Waals surface area (Å²) in [6.45, 7) is 10.4. The van der Waals surface area contributed by atoms with Gasteiger partial charge >= 0.3 is 0 Å². The van der Waals surface area contributed by atoms with E-state index in [1.165, 1.54) is 0 Å². The van der Waals surface area contributed by atoms with Crippen LogP contribution in [0, 0.1) is 0 Å². The fourth-order valence-corrected chi connectivity index (χ4v) is 4.85. The molecule has 0 aliphatic rings. The number of benzene rings is 4. The minimum absolute atomic E-state index is 0.0865. The predicted octanol–water partition coefficient (Wildman–Crippen LogP) is 7.39. The van der Waals surface area contributed by atoms with E-state index in [0.29, 0.717) is 21.9 Å². The van der Waals surface area contributed by atoms with Gasteiger partial charge in [-0.25, -0.2) is 0 Å². The van der Waals surface area contributed by atoms with Crippen molar-refractivity contribution in [1.82, 2.24) is 0 Å². The Morgan fingerprint density at radius 1 is 0.686 bits per heavy atom. The fraction of sp³-hybridized carbons (Fsp3) is 0.200. The third-order valence-electron chi connectivity index (χ3n) is 6.83. The largest absolute Gasteiger partial charge is 0.540 e. The second-order valence-electron chi connectivity index (χ2n) is 10.2. The van der Waals surface area contributed by atoms with E-state index < -0.39 is 8.32 Å². The third-order valence-corrected chi connectivity index (χ3v) is 11.2. The lowest BCUT2D eigenvalue weighted by molar-refractivity contribution is 0.102. The summed E-state index contributed by atoms with van der Waals surface area (Å²) in [6, 6.07) is 25.0. The van der Waals surface area contributed by atoms with Gasteiger partial charge in [-0.3, -0.25) is 9.59 Å². The summed E-state index contributed by atoms with van der Waals surface area (Å²) in [5, 5.41) is 12.5. The first kappa shape index (κ1) is 24.4. The van der Waals surface area contributed by atoms with E-state index in [1.54, 1.807) is 60.7 Å². The molecular weight excluding hydrogens is 452 g/mol. The number of ketones is 2. The Kier molecular flexibility index (Phi) is 6.39. The van der Waals surface area contributed by atoms with Gasteiger partial charge in [0, 0.05) is 11.1 Å². The molecule has 1 N–H and O–H groups in total. The van der Waals surface area contributed by atoms with Crippen LogP contribution in [0.15, 0.2) is 84.9 Å². The van der Waals surface area contributed by atoms with Crippen LogP contribution in [-0.2, 0) is 0 Å². The van der Waals surface area contributed by atoms with E-state index in [4.69, 9.17) is 4.43 Å². The van der Waals surface area contributed by atoms with Crippen LogP contribution >= 0.6 is 0 Å². The zero-order chi connectivity index (χ0) is 25.4. The Morgan fingerprint density at radius 3 is 1.54 bits per heavy atom. The first-order valence-corrected chi connectivity index (χ1v) is 14.6. The normalized spacial score (nSPS) is 11.9. The number of rotatable bonds is 6. The molecule has 178 valence electrons. The maximum atomic E-state index is 13.9. The number of hydrogen-bond acceptors (Lipinski definition) is 4. The highest BCUT2D eigenvalue weighted by Crippen LogP contribution is 2.47. The SMILES string of the molecule is CC(C)(C)[Si](C)(C)Oc1c(O)c(C(=O)c2ccccc2)c2ccccc2c1C(=O)c1ccccc1. The topological polar surface area (TPSA) is 63.6 Å². The van der Waals surface area contributed by atoms with E-state index in [-0.39, 0.29) is 39.2 Å². The summed E-state index contributed by atoms with van der Waals surface area (Å²) in [5.41, 5.74) is 1.36. The third kappa shape index (κ3) is 4.52. The lowest BCUT2D eigenvalue weighted by atomic mass is 9.89. The van der Waals surface area contributed by atoms with Crippen LogP contribution in [0.1, 0.15) is 52.6 Å². The van der Waals surface area contributed by atoms with Crippen molar-refractivity contribution in [2.45, 2.75) is 38.9 Å². The van der Waals surface area contributed by atoms with Gasteiger partial charge in [0.05, 0.1) is 11.1 Å². The molecule has 35 heavy (non-hydrogen) atoms. The molecule has 0 aliphatic carbocycles. The van der Waals surface area contributed by atoms with Gasteiger partial charge in [-0.05, 0) is 28.9 Å². The first-order valence-electron chi connectivity index (χ1n) is 11.7. The van der Waals surface area contributed by atoms with Crippen molar-refractivity contribution in [2.24, 2.45) is 0 Å². The molecule has 0 radical (unpaired) electrons. The smallest absolute Gasteiger partial charge is 0.250 e. The Labute approximate surface area is 207 Å². The van der Waals surface area contributed by atoms with Crippen LogP contribution in [0.2, 0.25) is 18.1 Å². The molecule has 0 fully saturated rings. The van der Waals surface area contributed by atoms with Crippen molar-refractivity contribution in [1.29, 1.82) is 0 Å². The van der Waals surface area contributed by atoms with Crippen molar-refractivity contribution in [3.63, 3.8) is 0 Å². The van der Waals surface area contributed by atoms with Gasteiger partial charge in [-0.2, -0.15) is 0 Å². The number of hydrogen-bond donors (Lipinski definition) is 1. The predicted molar refractivity (Wildman–Crippen MR) is 143 cm³/mol. The number of phenols is 1. The second-order valence-corrected chi connectivity index (χ2v) is 15.0. The molecule has 0 bridgehead atoms. The minimum atomic E-state index is -2.50. The second kappa shape index (κ2) is 9.15. The van der Waals surface area contributed by atoms with Gasteiger partial charge in [-0.15, -0.1) is 0 Å². The average Bonchev–Trinajstić information content (AvgIpc) is 2.84. The van der Waals surface area contributed by atoms with Crippen LogP contribution in [-0.4, -0.2) is 25.0 Å². The number of carbonyl (C=O) groups is 2. The highest BCUT2D eigenvalue weighted by atomic mass is 28.4. The van der Waals surface area contributed by atoms with Crippen LogP contribution in [0.5, 0.6) is 11.5 Å². The summed E-state index contributed by atoms with van der Waals surface area (Å²) in [6.07, 6.45) is 0. The van der Waals surface area contributed by atoms with Crippen LogP contribution in [0.4, 0.5) is 0 Å². The number of phenolic OH excluding ortho intramolecular Hbond substituents is 1. The van der Waals surface area contributed by atoms with Gasteiger partial charge in [0.1, 0.15) is 0 Å². The van der Waals surface area contributed by atoms with Crippen LogP contribution < -0.4 is 4.43 Å². The minimum Gasteiger partial charge on any atom is -0.540 e. The number of fused-ring (bicyclic) bond motifs is 1. The summed E-state index contributed by atoms with van der Waals surface area (Å²) < 4.78 is 6.62. The lowest BCUT2D eigenvalue weighted by Gasteiger charge is -2.37. The molecule has 4 aromatic carbocycles. The molecule has 4 nitrogen and oxygen atoms in total. The van der Waals surface area contributed by atoms with Crippen molar-refractivity contribution in [3.8, 4) is 11.5 Å². The van der Waals surface area contributed by atoms with E-state index in [9.17, 15) is 14.7 Å². The summed E-state index contributed by atoms with van der Waals surface area (Å²) in [7, 11) is -2.50. The fourth-order valence-electron chi connectivity index (χ4n) is 3.83. The molecule has 0 saturated heterocycles. The summed E-state index contributed by atoms with van der Waals surface area (Å²) in [5.74, 6) is -0.785. The highest BCUT2D eigenvalue weighted by molar-refractivity contribution is 6.74. The molecule has 0 unspecified atom stereocenters. The summed E-state index contributed by atoms with van der Waals surface area (Å²) in [4.78, 5) is 27.5. The molecule has 0 saturated carbocycles. The molecule has 0 aliphatic heterocycles. The quantitative estimate of drug-likeness (QED) is 0.230. The monoisotopic (exact) mass is 482 g/mol. The zero-order valence-corrected chi connectivity index (χ0v) is 21.8. The Balaban J connectivity index is 2.08. The molecule has 0 heterocycles. The van der Waals surface area contributed by atoms with E-state index in [2.05, 4.69) is 33.9 Å². The van der Waals surface area contributed by atoms with Gasteiger partial charge < -0.3 is 9.53 Å². The molecular formula is C30H30O4Si. The van der Waals surface area contributed by atoms with Gasteiger partial charge in [0.25, 0.3) is 8.32 Å². The molecule has 0 amide bonds. The van der Waals surface area contributed by atoms with Crippen molar-refractivity contribution in [3.05, 3.63) is 107 Å². The summed E-state index contributed by atoms with van der Waals surface area (Å²) >= 11 is 0. The molecule has 0 atom stereocenters. The van der Waals surface area contributed by atoms with Crippen LogP contribution in [0.25, 0.3) is 10.8 Å².